The lowest BCUT2D eigenvalue weighted by molar-refractivity contribution is 0.102. The minimum absolute atomic E-state index is 0.229. The van der Waals surface area contributed by atoms with Crippen LogP contribution in [0.5, 0.6) is 5.75 Å². The highest BCUT2D eigenvalue weighted by Gasteiger charge is 2.12. The second-order valence-electron chi connectivity index (χ2n) is 6.47. The Morgan fingerprint density at radius 1 is 1.00 bits per heavy atom. The van der Waals surface area contributed by atoms with E-state index in [2.05, 4.69) is 36.5 Å². The Balaban J connectivity index is 1.79. The summed E-state index contributed by atoms with van der Waals surface area (Å²) in [5, 5.41) is 3.78. The van der Waals surface area contributed by atoms with Crippen LogP contribution in [0, 0.1) is 6.92 Å². The van der Waals surface area contributed by atoms with Crippen molar-refractivity contribution in [3.8, 4) is 5.75 Å². The van der Waals surface area contributed by atoms with E-state index < -0.39 is 0 Å². The molecule has 0 saturated carbocycles. The van der Waals surface area contributed by atoms with Crippen molar-refractivity contribution in [3.05, 3.63) is 87.4 Å². The average molecular weight is 446 g/mol. The van der Waals surface area contributed by atoms with Crippen molar-refractivity contribution in [1.29, 1.82) is 0 Å². The molecular formula is C23H21Cl2NO2S. The summed E-state index contributed by atoms with van der Waals surface area (Å²) in [5.74, 6) is 1.25. The number of hydrogen-bond acceptors (Lipinski definition) is 3. The second-order valence-corrected chi connectivity index (χ2v) is 8.39. The van der Waals surface area contributed by atoms with Crippen LogP contribution in [0.2, 0.25) is 10.0 Å². The number of anilines is 1. The average Bonchev–Trinajstić information content (AvgIpc) is 2.67. The van der Waals surface area contributed by atoms with Crippen molar-refractivity contribution in [3.63, 3.8) is 0 Å². The van der Waals surface area contributed by atoms with Gasteiger partial charge in [-0.3, -0.25) is 4.79 Å². The largest absolute Gasteiger partial charge is 0.494 e. The lowest BCUT2D eigenvalue weighted by Gasteiger charge is -2.13. The maximum absolute atomic E-state index is 12.7. The van der Waals surface area contributed by atoms with Crippen LogP contribution in [-0.2, 0) is 5.75 Å². The standard InChI is InChI=1S/C23H21Cl2NO2S/c1-3-28-22-9-6-16(23(27)26-20-12-18(24)11-19(25)13-20)10-17(22)14-29-21-7-4-15(2)5-8-21/h4-13H,3,14H2,1-2H3,(H,26,27). The van der Waals surface area contributed by atoms with E-state index in [-0.39, 0.29) is 5.91 Å². The number of hydrogen-bond donors (Lipinski definition) is 1. The Kier molecular flexibility index (Phi) is 7.48. The normalized spacial score (nSPS) is 10.6. The Bertz CT molecular complexity index is 986. The molecule has 0 bridgehead atoms. The first-order valence-corrected chi connectivity index (χ1v) is 10.9. The van der Waals surface area contributed by atoms with Gasteiger partial charge >= 0.3 is 0 Å². The molecule has 0 atom stereocenters. The van der Waals surface area contributed by atoms with E-state index in [9.17, 15) is 4.79 Å². The fourth-order valence-corrected chi connectivity index (χ4v) is 4.16. The Labute approximate surface area is 185 Å². The van der Waals surface area contributed by atoms with Crippen molar-refractivity contribution in [2.45, 2.75) is 24.5 Å². The van der Waals surface area contributed by atoms with Crippen LogP contribution in [0.1, 0.15) is 28.4 Å². The highest BCUT2D eigenvalue weighted by Crippen LogP contribution is 2.30. The quantitative estimate of drug-likeness (QED) is 0.389. The number of benzene rings is 3. The van der Waals surface area contributed by atoms with Gasteiger partial charge in [-0.25, -0.2) is 0 Å². The van der Waals surface area contributed by atoms with Crippen molar-refractivity contribution in [2.75, 3.05) is 11.9 Å². The van der Waals surface area contributed by atoms with Gasteiger partial charge in [0.15, 0.2) is 0 Å². The summed E-state index contributed by atoms with van der Waals surface area (Å²) in [7, 11) is 0. The number of carbonyl (C=O) groups is 1. The smallest absolute Gasteiger partial charge is 0.255 e. The van der Waals surface area contributed by atoms with E-state index in [1.165, 1.54) is 10.5 Å². The molecule has 29 heavy (non-hydrogen) atoms. The summed E-state index contributed by atoms with van der Waals surface area (Å²) in [6.45, 7) is 4.58. The number of ether oxygens (including phenoxy) is 1. The number of halogens is 2. The molecule has 0 heterocycles. The highest BCUT2D eigenvalue weighted by atomic mass is 35.5. The molecule has 0 aliphatic rings. The molecule has 3 aromatic carbocycles. The van der Waals surface area contributed by atoms with Crippen LogP contribution in [0.4, 0.5) is 5.69 Å². The molecule has 3 rings (SSSR count). The fourth-order valence-electron chi connectivity index (χ4n) is 2.75. The molecule has 0 aliphatic carbocycles. The van der Waals surface area contributed by atoms with Gasteiger partial charge in [-0.05, 0) is 62.4 Å². The summed E-state index contributed by atoms with van der Waals surface area (Å²) in [4.78, 5) is 13.9. The predicted octanol–water partition coefficient (Wildman–Crippen LogP) is 7.25. The summed E-state index contributed by atoms with van der Waals surface area (Å²) >= 11 is 13.7. The maximum atomic E-state index is 12.7. The molecule has 0 aliphatic heterocycles. The van der Waals surface area contributed by atoms with Crippen LogP contribution >= 0.6 is 35.0 Å². The molecule has 0 saturated heterocycles. The topological polar surface area (TPSA) is 38.3 Å². The molecule has 0 radical (unpaired) electrons. The minimum Gasteiger partial charge on any atom is -0.494 e. The molecule has 3 aromatic rings. The molecule has 3 nitrogen and oxygen atoms in total. The first kappa shape index (κ1) is 21.6. The SMILES string of the molecule is CCOc1ccc(C(=O)Nc2cc(Cl)cc(Cl)c2)cc1CSc1ccc(C)cc1. The first-order chi connectivity index (χ1) is 13.9. The molecule has 0 aromatic heterocycles. The van der Waals surface area contributed by atoms with Gasteiger partial charge in [0.25, 0.3) is 5.91 Å². The number of carbonyl (C=O) groups excluding carboxylic acids is 1. The van der Waals surface area contributed by atoms with Gasteiger partial charge < -0.3 is 10.1 Å². The number of amides is 1. The molecule has 150 valence electrons. The second kappa shape index (κ2) is 10.1. The van der Waals surface area contributed by atoms with Crippen LogP contribution in [0.15, 0.2) is 65.6 Å². The van der Waals surface area contributed by atoms with Gasteiger partial charge in [-0.2, -0.15) is 0 Å². The number of thioether (sulfide) groups is 1. The van der Waals surface area contributed by atoms with Crippen LogP contribution in [-0.4, -0.2) is 12.5 Å². The molecule has 0 unspecified atom stereocenters. The third-order valence-corrected chi connectivity index (χ3v) is 5.66. The van der Waals surface area contributed by atoms with Crippen molar-refractivity contribution < 1.29 is 9.53 Å². The summed E-state index contributed by atoms with van der Waals surface area (Å²) in [6, 6.07) is 18.8. The minimum atomic E-state index is -0.229. The third kappa shape index (κ3) is 6.17. The zero-order chi connectivity index (χ0) is 20.8. The van der Waals surface area contributed by atoms with Crippen LogP contribution in [0.25, 0.3) is 0 Å². The predicted molar refractivity (Wildman–Crippen MR) is 123 cm³/mol. The van der Waals surface area contributed by atoms with Gasteiger partial charge in [-0.15, -0.1) is 11.8 Å². The highest BCUT2D eigenvalue weighted by molar-refractivity contribution is 7.98. The summed E-state index contributed by atoms with van der Waals surface area (Å²) < 4.78 is 5.75. The molecule has 1 amide bonds. The van der Waals surface area contributed by atoms with Gasteiger partial charge in [0, 0.05) is 37.5 Å². The molecule has 1 N–H and O–H groups in total. The lowest BCUT2D eigenvalue weighted by atomic mass is 10.1. The summed E-state index contributed by atoms with van der Waals surface area (Å²) in [6.07, 6.45) is 0. The molecule has 0 spiro atoms. The van der Waals surface area contributed by atoms with E-state index in [1.54, 1.807) is 36.0 Å². The van der Waals surface area contributed by atoms with E-state index in [0.29, 0.717) is 33.7 Å². The van der Waals surface area contributed by atoms with Gasteiger partial charge in [-0.1, -0.05) is 40.9 Å². The fraction of sp³-hybridized carbons (Fsp3) is 0.174. The maximum Gasteiger partial charge on any atom is 0.255 e. The monoisotopic (exact) mass is 445 g/mol. The van der Waals surface area contributed by atoms with Crippen LogP contribution in [0.3, 0.4) is 0 Å². The molecule has 0 fully saturated rings. The number of rotatable bonds is 7. The lowest BCUT2D eigenvalue weighted by Crippen LogP contribution is -2.12. The Morgan fingerprint density at radius 2 is 1.69 bits per heavy atom. The van der Waals surface area contributed by atoms with Gasteiger partial charge in [0.2, 0.25) is 0 Å². The van der Waals surface area contributed by atoms with Gasteiger partial charge in [0.1, 0.15) is 5.75 Å². The first-order valence-electron chi connectivity index (χ1n) is 9.17. The van der Waals surface area contributed by atoms with Crippen molar-refractivity contribution in [2.24, 2.45) is 0 Å². The van der Waals surface area contributed by atoms with Crippen molar-refractivity contribution in [1.82, 2.24) is 0 Å². The Morgan fingerprint density at radius 3 is 2.34 bits per heavy atom. The number of aryl methyl sites for hydroxylation is 1. The molecule has 6 heteroatoms. The Hall–Kier alpha value is -2.14. The summed E-state index contributed by atoms with van der Waals surface area (Å²) in [5.41, 5.74) is 3.29. The van der Waals surface area contributed by atoms with E-state index in [4.69, 9.17) is 27.9 Å². The van der Waals surface area contributed by atoms with E-state index >= 15 is 0 Å². The molecular weight excluding hydrogens is 425 g/mol. The van der Waals surface area contributed by atoms with Gasteiger partial charge in [0.05, 0.1) is 6.61 Å². The van der Waals surface area contributed by atoms with E-state index in [0.717, 1.165) is 11.3 Å². The third-order valence-electron chi connectivity index (χ3n) is 4.16. The van der Waals surface area contributed by atoms with Crippen LogP contribution < -0.4 is 10.1 Å². The van der Waals surface area contributed by atoms with Crippen molar-refractivity contribution >= 4 is 46.6 Å². The number of nitrogens with one attached hydrogen (secondary N) is 1. The zero-order valence-electron chi connectivity index (χ0n) is 16.2. The van der Waals surface area contributed by atoms with E-state index in [1.807, 2.05) is 19.1 Å². The zero-order valence-corrected chi connectivity index (χ0v) is 18.5.